The average Bonchev–Trinajstić information content (AvgIpc) is 3.07. The first-order valence-electron chi connectivity index (χ1n) is 5.64. The van der Waals surface area contributed by atoms with Gasteiger partial charge in [0.2, 0.25) is 5.91 Å². The molecule has 0 heterocycles. The van der Waals surface area contributed by atoms with Crippen molar-refractivity contribution >= 4 is 17.7 Å². The second-order valence-electron chi connectivity index (χ2n) is 4.17. The van der Waals surface area contributed by atoms with Crippen molar-refractivity contribution in [1.82, 2.24) is 5.32 Å². The molecule has 1 aromatic carbocycles. The Hall–Kier alpha value is -0.960. The number of amides is 1. The summed E-state index contributed by atoms with van der Waals surface area (Å²) in [6, 6.07) is 10.8. The Bertz CT molecular complexity index is 352. The molecule has 0 unspecified atom stereocenters. The van der Waals surface area contributed by atoms with Crippen molar-refractivity contribution in [3.8, 4) is 0 Å². The van der Waals surface area contributed by atoms with Crippen molar-refractivity contribution in [3.63, 3.8) is 0 Å². The Labute approximate surface area is 101 Å². The minimum absolute atomic E-state index is 0.192. The van der Waals surface area contributed by atoms with Crippen molar-refractivity contribution < 1.29 is 4.79 Å². The highest BCUT2D eigenvalue weighted by atomic mass is 32.2. The molecule has 0 spiro atoms. The van der Waals surface area contributed by atoms with Gasteiger partial charge in [-0.2, -0.15) is 11.8 Å². The fourth-order valence-corrected chi connectivity index (χ4v) is 2.29. The monoisotopic (exact) mass is 235 g/mol. The quantitative estimate of drug-likeness (QED) is 0.849. The van der Waals surface area contributed by atoms with Crippen LogP contribution in [0.1, 0.15) is 24.3 Å². The highest BCUT2D eigenvalue weighted by molar-refractivity contribution is 7.98. The van der Waals surface area contributed by atoms with Gasteiger partial charge in [0.05, 0.1) is 0 Å². The van der Waals surface area contributed by atoms with E-state index in [1.807, 2.05) is 12.3 Å². The average molecular weight is 235 g/mol. The van der Waals surface area contributed by atoms with Crippen LogP contribution >= 0.6 is 11.8 Å². The second-order valence-corrected chi connectivity index (χ2v) is 5.16. The first-order chi connectivity index (χ1) is 7.81. The summed E-state index contributed by atoms with van der Waals surface area (Å²) in [5.74, 6) is 1.64. The lowest BCUT2D eigenvalue weighted by Crippen LogP contribution is -2.26. The van der Waals surface area contributed by atoms with Gasteiger partial charge in [-0.25, -0.2) is 0 Å². The zero-order chi connectivity index (χ0) is 11.4. The normalized spacial score (nSPS) is 22.8. The van der Waals surface area contributed by atoms with E-state index < -0.39 is 0 Å². The lowest BCUT2D eigenvalue weighted by atomic mass is 10.1. The van der Waals surface area contributed by atoms with Crippen LogP contribution in [0.5, 0.6) is 0 Å². The third-order valence-corrected chi connectivity index (χ3v) is 3.51. The molecule has 2 rings (SSSR count). The summed E-state index contributed by atoms with van der Waals surface area (Å²) >= 11 is 1.71. The molecule has 0 aliphatic heterocycles. The summed E-state index contributed by atoms with van der Waals surface area (Å²) in [4.78, 5) is 11.5. The summed E-state index contributed by atoms with van der Waals surface area (Å²) in [6.07, 6.45) is 3.76. The van der Waals surface area contributed by atoms with Crippen molar-refractivity contribution in [2.24, 2.45) is 0 Å². The number of benzene rings is 1. The molecule has 1 aliphatic rings. The van der Waals surface area contributed by atoms with Gasteiger partial charge < -0.3 is 5.32 Å². The molecule has 0 bridgehead atoms. The van der Waals surface area contributed by atoms with Gasteiger partial charge in [0, 0.05) is 24.1 Å². The van der Waals surface area contributed by atoms with E-state index in [0.717, 1.165) is 12.2 Å². The van der Waals surface area contributed by atoms with Crippen LogP contribution in [0.15, 0.2) is 30.3 Å². The van der Waals surface area contributed by atoms with Gasteiger partial charge in [0.25, 0.3) is 0 Å². The molecule has 2 nitrogen and oxygen atoms in total. The number of rotatable bonds is 5. The number of carbonyl (C=O) groups is 1. The molecular weight excluding hydrogens is 218 g/mol. The molecule has 2 atom stereocenters. The van der Waals surface area contributed by atoms with Gasteiger partial charge in [-0.3, -0.25) is 4.79 Å². The minimum Gasteiger partial charge on any atom is -0.353 e. The molecule has 0 radical (unpaired) electrons. The largest absolute Gasteiger partial charge is 0.353 e. The van der Waals surface area contributed by atoms with Gasteiger partial charge in [-0.1, -0.05) is 30.3 Å². The molecule has 3 heteroatoms. The van der Waals surface area contributed by atoms with E-state index >= 15 is 0 Å². The van der Waals surface area contributed by atoms with Crippen LogP contribution in [-0.2, 0) is 4.79 Å². The molecule has 0 aromatic heterocycles. The fourth-order valence-electron chi connectivity index (χ4n) is 1.90. The summed E-state index contributed by atoms with van der Waals surface area (Å²) in [6.45, 7) is 0. The topological polar surface area (TPSA) is 29.1 Å². The molecule has 1 N–H and O–H groups in total. The maximum absolute atomic E-state index is 11.5. The van der Waals surface area contributed by atoms with Crippen molar-refractivity contribution in [2.75, 3.05) is 12.0 Å². The van der Waals surface area contributed by atoms with Crippen LogP contribution in [0.4, 0.5) is 0 Å². The predicted octanol–water partition coefficient (Wildman–Crippen LogP) is 2.41. The van der Waals surface area contributed by atoms with E-state index in [1.54, 1.807) is 11.8 Å². The summed E-state index contributed by atoms with van der Waals surface area (Å²) in [7, 11) is 0. The SMILES string of the molecule is CSCCC(=O)N[C@@H]1C[C@H]1c1ccccc1. The van der Waals surface area contributed by atoms with E-state index in [2.05, 4.69) is 29.6 Å². The number of hydrogen-bond acceptors (Lipinski definition) is 2. The second kappa shape index (κ2) is 5.39. The molecule has 0 saturated heterocycles. The molecule has 16 heavy (non-hydrogen) atoms. The Morgan fingerprint density at radius 3 is 2.88 bits per heavy atom. The van der Waals surface area contributed by atoms with Crippen LogP contribution in [0, 0.1) is 0 Å². The van der Waals surface area contributed by atoms with Gasteiger partial charge in [0.15, 0.2) is 0 Å². The van der Waals surface area contributed by atoms with Crippen LogP contribution in [0.25, 0.3) is 0 Å². The highest BCUT2D eigenvalue weighted by Gasteiger charge is 2.38. The zero-order valence-electron chi connectivity index (χ0n) is 9.48. The smallest absolute Gasteiger partial charge is 0.221 e. The maximum Gasteiger partial charge on any atom is 0.221 e. The molecule has 86 valence electrons. The number of carbonyl (C=O) groups excluding carboxylic acids is 1. The Morgan fingerprint density at radius 2 is 2.19 bits per heavy atom. The standard InChI is InChI=1S/C13H17NOS/c1-16-8-7-13(15)14-12-9-11(12)10-5-3-2-4-6-10/h2-6,11-12H,7-9H2,1H3,(H,14,15)/t11-,12+/m0/s1. The maximum atomic E-state index is 11.5. The lowest BCUT2D eigenvalue weighted by Gasteiger charge is -2.03. The van der Waals surface area contributed by atoms with Gasteiger partial charge in [-0.15, -0.1) is 0 Å². The van der Waals surface area contributed by atoms with Crippen molar-refractivity contribution in [1.29, 1.82) is 0 Å². The molecule has 1 aliphatic carbocycles. The number of hydrogen-bond donors (Lipinski definition) is 1. The van der Waals surface area contributed by atoms with E-state index in [9.17, 15) is 4.79 Å². The van der Waals surface area contributed by atoms with Crippen molar-refractivity contribution in [2.45, 2.75) is 24.8 Å². The van der Waals surface area contributed by atoms with Crippen molar-refractivity contribution in [3.05, 3.63) is 35.9 Å². The van der Waals surface area contributed by atoms with Gasteiger partial charge >= 0.3 is 0 Å². The third kappa shape index (κ3) is 3.01. The first kappa shape index (κ1) is 11.5. The lowest BCUT2D eigenvalue weighted by molar-refractivity contribution is -0.120. The highest BCUT2D eigenvalue weighted by Crippen LogP contribution is 2.40. The van der Waals surface area contributed by atoms with E-state index in [0.29, 0.717) is 18.4 Å². The van der Waals surface area contributed by atoms with Crippen LogP contribution in [0.2, 0.25) is 0 Å². The minimum atomic E-state index is 0.192. The molecule has 1 aromatic rings. The van der Waals surface area contributed by atoms with E-state index in [4.69, 9.17) is 0 Å². The van der Waals surface area contributed by atoms with Crippen LogP contribution in [-0.4, -0.2) is 24.0 Å². The summed E-state index contributed by atoms with van der Waals surface area (Å²) < 4.78 is 0. The van der Waals surface area contributed by atoms with Crippen LogP contribution < -0.4 is 5.32 Å². The third-order valence-electron chi connectivity index (χ3n) is 2.90. The summed E-state index contributed by atoms with van der Waals surface area (Å²) in [5, 5.41) is 3.08. The zero-order valence-corrected chi connectivity index (χ0v) is 10.3. The molecular formula is C13H17NOS. The Balaban J connectivity index is 1.77. The van der Waals surface area contributed by atoms with Gasteiger partial charge in [0.1, 0.15) is 0 Å². The first-order valence-corrected chi connectivity index (χ1v) is 7.04. The Morgan fingerprint density at radius 1 is 1.44 bits per heavy atom. The van der Waals surface area contributed by atoms with Gasteiger partial charge in [-0.05, 0) is 18.2 Å². The van der Waals surface area contributed by atoms with E-state index in [-0.39, 0.29) is 5.91 Å². The fraction of sp³-hybridized carbons (Fsp3) is 0.462. The van der Waals surface area contributed by atoms with Crippen LogP contribution in [0.3, 0.4) is 0 Å². The molecule has 1 amide bonds. The number of thioether (sulfide) groups is 1. The summed E-state index contributed by atoms with van der Waals surface area (Å²) in [5.41, 5.74) is 1.35. The molecule has 1 fully saturated rings. The number of nitrogens with one attached hydrogen (secondary N) is 1. The Kier molecular flexibility index (Phi) is 3.88. The molecule has 1 saturated carbocycles. The van der Waals surface area contributed by atoms with E-state index in [1.165, 1.54) is 5.56 Å². The predicted molar refractivity (Wildman–Crippen MR) is 68.7 cm³/mol.